The van der Waals surface area contributed by atoms with Crippen LogP contribution in [0.5, 0.6) is 5.75 Å². The zero-order valence-electron chi connectivity index (χ0n) is 19.0. The summed E-state index contributed by atoms with van der Waals surface area (Å²) in [6.07, 6.45) is 10.1. The highest BCUT2D eigenvalue weighted by molar-refractivity contribution is 6.01. The molecule has 0 radical (unpaired) electrons. The van der Waals surface area contributed by atoms with Gasteiger partial charge in [-0.3, -0.25) is 14.9 Å². The van der Waals surface area contributed by atoms with Gasteiger partial charge in [-0.15, -0.1) is 0 Å². The number of ether oxygens (including phenoxy) is 1. The average molecular weight is 440 g/mol. The molecule has 1 N–H and O–H groups in total. The number of carbonyl (C=O) groups excluding carboxylic acids is 1. The van der Waals surface area contributed by atoms with Gasteiger partial charge in [0, 0.05) is 17.7 Å². The molecule has 2 aromatic rings. The normalized spacial score (nSPS) is 11.2. The molecule has 2 aromatic carbocycles. The van der Waals surface area contributed by atoms with Crippen molar-refractivity contribution in [3.63, 3.8) is 0 Å². The molecule has 0 unspecified atom stereocenters. The van der Waals surface area contributed by atoms with E-state index in [-0.39, 0.29) is 11.6 Å². The van der Waals surface area contributed by atoms with Crippen LogP contribution < -0.4 is 10.2 Å². The standard InChI is InChI=1S/C25H33N3O4/c1-3-4-5-6-7-8-9-10-19-32-24-17-13-22(14-18-24)25(29)27-26-20(2)21-11-15-23(16-12-21)28(30)31/h11-18H,3-10,19H2,1-2H3,(H,27,29)/b26-20-. The van der Waals surface area contributed by atoms with Crippen LogP contribution in [0, 0.1) is 10.1 Å². The number of rotatable bonds is 14. The Morgan fingerprint density at radius 1 is 0.906 bits per heavy atom. The largest absolute Gasteiger partial charge is 0.494 e. The molecule has 0 bridgehead atoms. The number of unbranched alkanes of at least 4 members (excludes halogenated alkanes) is 7. The maximum Gasteiger partial charge on any atom is 0.271 e. The Kier molecular flexibility index (Phi) is 10.9. The van der Waals surface area contributed by atoms with Gasteiger partial charge in [0.15, 0.2) is 0 Å². The Balaban J connectivity index is 1.72. The quantitative estimate of drug-likeness (QED) is 0.162. The average Bonchev–Trinajstić information content (AvgIpc) is 2.81. The van der Waals surface area contributed by atoms with Gasteiger partial charge in [0.2, 0.25) is 0 Å². The number of amides is 1. The van der Waals surface area contributed by atoms with Gasteiger partial charge in [0.05, 0.1) is 17.2 Å². The number of nitro benzene ring substituents is 1. The molecule has 0 atom stereocenters. The molecule has 0 aliphatic rings. The first-order chi connectivity index (χ1) is 15.5. The van der Waals surface area contributed by atoms with Crippen LogP contribution in [0.25, 0.3) is 0 Å². The van der Waals surface area contributed by atoms with Crippen LogP contribution >= 0.6 is 0 Å². The van der Waals surface area contributed by atoms with Crippen molar-refractivity contribution in [1.29, 1.82) is 0 Å². The first kappa shape index (κ1) is 25.0. The molecular formula is C25H33N3O4. The summed E-state index contributed by atoms with van der Waals surface area (Å²) in [6.45, 7) is 4.64. The minimum atomic E-state index is -0.457. The molecule has 0 saturated carbocycles. The summed E-state index contributed by atoms with van der Waals surface area (Å²) in [5, 5.41) is 14.8. The van der Waals surface area contributed by atoms with Gasteiger partial charge in [0.25, 0.3) is 11.6 Å². The summed E-state index contributed by atoms with van der Waals surface area (Å²) in [5.41, 5.74) is 4.25. The van der Waals surface area contributed by atoms with E-state index >= 15 is 0 Å². The second-order valence-corrected chi connectivity index (χ2v) is 7.79. The number of non-ortho nitro benzene ring substituents is 1. The molecule has 32 heavy (non-hydrogen) atoms. The topological polar surface area (TPSA) is 93.8 Å². The minimum absolute atomic E-state index is 0.00954. The fourth-order valence-electron chi connectivity index (χ4n) is 3.22. The van der Waals surface area contributed by atoms with Crippen LogP contribution in [0.2, 0.25) is 0 Å². The van der Waals surface area contributed by atoms with E-state index in [0.29, 0.717) is 23.4 Å². The molecular weight excluding hydrogens is 406 g/mol. The van der Waals surface area contributed by atoms with Crippen molar-refractivity contribution in [3.8, 4) is 5.75 Å². The van der Waals surface area contributed by atoms with Gasteiger partial charge in [-0.2, -0.15) is 5.10 Å². The van der Waals surface area contributed by atoms with Crippen LogP contribution in [0.3, 0.4) is 0 Å². The number of nitrogens with one attached hydrogen (secondary N) is 1. The summed E-state index contributed by atoms with van der Waals surface area (Å²) < 4.78 is 5.76. The molecule has 0 heterocycles. The van der Waals surface area contributed by atoms with Gasteiger partial charge in [-0.25, -0.2) is 5.43 Å². The molecule has 0 saturated heterocycles. The zero-order valence-corrected chi connectivity index (χ0v) is 19.0. The van der Waals surface area contributed by atoms with Crippen molar-refractivity contribution < 1.29 is 14.5 Å². The molecule has 7 heteroatoms. The minimum Gasteiger partial charge on any atom is -0.494 e. The maximum atomic E-state index is 12.3. The summed E-state index contributed by atoms with van der Waals surface area (Å²) in [7, 11) is 0. The summed E-state index contributed by atoms with van der Waals surface area (Å²) in [6, 6.07) is 13.0. The highest BCUT2D eigenvalue weighted by atomic mass is 16.6. The number of hydrogen-bond donors (Lipinski definition) is 1. The molecule has 2 rings (SSSR count). The summed E-state index contributed by atoms with van der Waals surface area (Å²) in [5.74, 6) is 0.413. The fourth-order valence-corrected chi connectivity index (χ4v) is 3.22. The Morgan fingerprint density at radius 3 is 2.06 bits per heavy atom. The van der Waals surface area contributed by atoms with E-state index < -0.39 is 4.92 Å². The highest BCUT2D eigenvalue weighted by Crippen LogP contribution is 2.15. The van der Waals surface area contributed by atoms with Crippen molar-refractivity contribution >= 4 is 17.3 Å². The van der Waals surface area contributed by atoms with Gasteiger partial charge in [-0.05, 0) is 55.3 Å². The number of hydrogen-bond acceptors (Lipinski definition) is 5. The lowest BCUT2D eigenvalue weighted by molar-refractivity contribution is -0.384. The van der Waals surface area contributed by atoms with Crippen LogP contribution in [-0.2, 0) is 0 Å². The number of hydrazone groups is 1. The van der Waals surface area contributed by atoms with Crippen molar-refractivity contribution in [2.24, 2.45) is 5.10 Å². The number of nitrogens with zero attached hydrogens (tertiary/aromatic N) is 2. The second kappa shape index (κ2) is 14.0. The zero-order chi connectivity index (χ0) is 23.2. The van der Waals surface area contributed by atoms with Gasteiger partial charge >= 0.3 is 0 Å². The fraction of sp³-hybridized carbons (Fsp3) is 0.440. The van der Waals surface area contributed by atoms with E-state index in [1.165, 1.54) is 57.1 Å². The molecule has 0 fully saturated rings. The third-order valence-corrected chi connectivity index (χ3v) is 5.20. The highest BCUT2D eigenvalue weighted by Gasteiger charge is 2.08. The first-order valence-corrected chi connectivity index (χ1v) is 11.3. The predicted octanol–water partition coefficient (Wildman–Crippen LogP) is 6.27. The van der Waals surface area contributed by atoms with E-state index in [1.54, 1.807) is 43.3 Å². The lowest BCUT2D eigenvalue weighted by Gasteiger charge is -2.07. The van der Waals surface area contributed by atoms with Gasteiger partial charge in [0.1, 0.15) is 5.75 Å². The van der Waals surface area contributed by atoms with Crippen molar-refractivity contribution in [2.75, 3.05) is 6.61 Å². The van der Waals surface area contributed by atoms with E-state index in [1.807, 2.05) is 0 Å². The molecule has 0 aliphatic carbocycles. The molecule has 0 spiro atoms. The van der Waals surface area contributed by atoms with Crippen LogP contribution in [0.4, 0.5) is 5.69 Å². The summed E-state index contributed by atoms with van der Waals surface area (Å²) >= 11 is 0. The van der Waals surface area contributed by atoms with E-state index in [2.05, 4.69) is 17.5 Å². The number of benzene rings is 2. The van der Waals surface area contributed by atoms with Gasteiger partial charge in [-0.1, -0.05) is 51.9 Å². The molecule has 0 aromatic heterocycles. The van der Waals surface area contributed by atoms with E-state index in [9.17, 15) is 14.9 Å². The third kappa shape index (κ3) is 8.88. The monoisotopic (exact) mass is 439 g/mol. The third-order valence-electron chi connectivity index (χ3n) is 5.20. The van der Waals surface area contributed by atoms with Crippen LogP contribution in [0.15, 0.2) is 53.6 Å². The van der Waals surface area contributed by atoms with Crippen molar-refractivity contribution in [3.05, 3.63) is 69.8 Å². The van der Waals surface area contributed by atoms with Crippen molar-refractivity contribution in [2.45, 2.75) is 65.2 Å². The lowest BCUT2D eigenvalue weighted by atomic mass is 10.1. The molecule has 7 nitrogen and oxygen atoms in total. The first-order valence-electron chi connectivity index (χ1n) is 11.3. The Bertz CT molecular complexity index is 877. The van der Waals surface area contributed by atoms with Crippen LogP contribution in [0.1, 0.15) is 81.1 Å². The number of nitro groups is 1. The maximum absolute atomic E-state index is 12.3. The Labute approximate surface area is 190 Å². The van der Waals surface area contributed by atoms with Gasteiger partial charge < -0.3 is 4.74 Å². The number of carbonyl (C=O) groups is 1. The smallest absolute Gasteiger partial charge is 0.271 e. The predicted molar refractivity (Wildman–Crippen MR) is 127 cm³/mol. The molecule has 172 valence electrons. The SMILES string of the molecule is CCCCCCCCCCOc1ccc(C(=O)N/N=C(/C)c2ccc([N+](=O)[O-])cc2)cc1. The van der Waals surface area contributed by atoms with Crippen LogP contribution in [-0.4, -0.2) is 23.1 Å². The Morgan fingerprint density at radius 2 is 1.47 bits per heavy atom. The van der Waals surface area contributed by atoms with E-state index in [0.717, 1.165) is 12.2 Å². The van der Waals surface area contributed by atoms with Crippen molar-refractivity contribution in [1.82, 2.24) is 5.43 Å². The molecule has 1 amide bonds. The van der Waals surface area contributed by atoms with E-state index in [4.69, 9.17) is 4.74 Å². The summed E-state index contributed by atoms with van der Waals surface area (Å²) in [4.78, 5) is 22.6. The second-order valence-electron chi connectivity index (χ2n) is 7.79. The Hall–Kier alpha value is -3.22. The molecule has 0 aliphatic heterocycles. The lowest BCUT2D eigenvalue weighted by Crippen LogP contribution is -2.19.